The molecular weight excluding hydrogens is 316 g/mol. The Hall–Kier alpha value is -1.05. The maximum absolute atomic E-state index is 9.27. The van der Waals surface area contributed by atoms with E-state index in [0.717, 1.165) is 23.2 Å². The summed E-state index contributed by atoms with van der Waals surface area (Å²) < 4.78 is 6.86. The van der Waals surface area contributed by atoms with Gasteiger partial charge in [-0.25, -0.2) is 0 Å². The number of hydrogen-bond acceptors (Lipinski definition) is 3. The summed E-state index contributed by atoms with van der Waals surface area (Å²) in [6.45, 7) is 5.39. The third kappa shape index (κ3) is 2.13. The molecule has 0 radical (unpaired) electrons. The van der Waals surface area contributed by atoms with Gasteiger partial charge >= 0.3 is 0 Å². The van der Waals surface area contributed by atoms with E-state index in [-0.39, 0.29) is 5.41 Å². The largest absolute Gasteiger partial charge is 0.380 e. The zero-order chi connectivity index (χ0) is 14.3. The van der Waals surface area contributed by atoms with Crippen LogP contribution in [0.15, 0.2) is 22.7 Å². The molecule has 1 N–H and O–H groups in total. The van der Waals surface area contributed by atoms with Crippen molar-refractivity contribution in [3.63, 3.8) is 0 Å². The van der Waals surface area contributed by atoms with Crippen LogP contribution in [0.2, 0.25) is 0 Å². The van der Waals surface area contributed by atoms with Crippen LogP contribution in [0.1, 0.15) is 32.3 Å². The normalized spacial score (nSPS) is 30.8. The summed E-state index contributed by atoms with van der Waals surface area (Å²) in [6.07, 6.45) is 2.71. The molecule has 3 rings (SSSR count). The molecule has 1 saturated carbocycles. The minimum Gasteiger partial charge on any atom is -0.380 e. The fraction of sp³-hybridized carbons (Fsp3) is 0.562. The predicted molar refractivity (Wildman–Crippen MR) is 82.5 cm³/mol. The maximum Gasteiger partial charge on any atom is 0.101 e. The van der Waals surface area contributed by atoms with Crippen molar-refractivity contribution in [3.8, 4) is 6.07 Å². The van der Waals surface area contributed by atoms with Gasteiger partial charge in [0.05, 0.1) is 17.4 Å². The summed E-state index contributed by atoms with van der Waals surface area (Å²) in [5.41, 5.74) is 1.73. The van der Waals surface area contributed by atoms with Crippen LogP contribution in [0.3, 0.4) is 0 Å². The van der Waals surface area contributed by atoms with Gasteiger partial charge in [0.25, 0.3) is 0 Å². The van der Waals surface area contributed by atoms with Gasteiger partial charge in [0.1, 0.15) is 6.07 Å². The number of fused-ring (bicyclic) bond motifs is 1. The lowest BCUT2D eigenvalue weighted by molar-refractivity contribution is -0.177. The second-order valence-electron chi connectivity index (χ2n) is 6.34. The SMILES string of the molecule is CC1(C)C(Nc2ccc(Br)cc2C#N)C2CCCOC21. The van der Waals surface area contributed by atoms with Crippen molar-refractivity contribution in [2.24, 2.45) is 11.3 Å². The Balaban J connectivity index is 1.83. The smallest absolute Gasteiger partial charge is 0.101 e. The number of benzene rings is 1. The van der Waals surface area contributed by atoms with Crippen LogP contribution in [0, 0.1) is 22.7 Å². The van der Waals surface area contributed by atoms with Gasteiger partial charge in [-0.05, 0) is 31.0 Å². The van der Waals surface area contributed by atoms with Gasteiger partial charge in [0, 0.05) is 28.5 Å². The third-order valence-corrected chi connectivity index (χ3v) is 5.24. The van der Waals surface area contributed by atoms with Crippen molar-refractivity contribution in [1.29, 1.82) is 5.26 Å². The summed E-state index contributed by atoms with van der Waals surface area (Å²) in [5.74, 6) is 0.564. The quantitative estimate of drug-likeness (QED) is 0.890. The van der Waals surface area contributed by atoms with Gasteiger partial charge in [0.2, 0.25) is 0 Å². The second kappa shape index (κ2) is 5.05. The summed E-state index contributed by atoms with van der Waals surface area (Å²) in [5, 5.41) is 12.9. The minimum absolute atomic E-state index is 0.116. The standard InChI is InChI=1S/C16H19BrN2O/c1-16(2)14(12-4-3-7-20-15(12)16)19-13-6-5-11(17)8-10(13)9-18/h5-6,8,12,14-15,19H,3-4,7H2,1-2H3. The molecule has 3 nitrogen and oxygen atoms in total. The molecular formula is C16H19BrN2O. The molecule has 1 aromatic carbocycles. The molecule has 1 aliphatic heterocycles. The average Bonchev–Trinajstić information content (AvgIpc) is 2.45. The monoisotopic (exact) mass is 334 g/mol. The van der Waals surface area contributed by atoms with E-state index in [1.165, 1.54) is 6.42 Å². The zero-order valence-electron chi connectivity index (χ0n) is 11.8. The number of nitrogens with zero attached hydrogens (tertiary/aromatic N) is 1. The molecule has 1 aromatic rings. The molecule has 0 bridgehead atoms. The van der Waals surface area contributed by atoms with Crippen LogP contribution in [-0.2, 0) is 4.74 Å². The van der Waals surface area contributed by atoms with E-state index in [1.807, 2.05) is 18.2 Å². The molecule has 0 aromatic heterocycles. The van der Waals surface area contributed by atoms with E-state index in [4.69, 9.17) is 4.74 Å². The van der Waals surface area contributed by atoms with Crippen molar-refractivity contribution in [3.05, 3.63) is 28.2 Å². The van der Waals surface area contributed by atoms with Crippen molar-refractivity contribution < 1.29 is 4.74 Å². The lowest BCUT2D eigenvalue weighted by atomic mass is 9.55. The summed E-state index contributed by atoms with van der Waals surface area (Å²) >= 11 is 3.41. The molecule has 20 heavy (non-hydrogen) atoms. The van der Waals surface area contributed by atoms with Crippen LogP contribution in [0.4, 0.5) is 5.69 Å². The molecule has 1 heterocycles. The van der Waals surface area contributed by atoms with E-state index < -0.39 is 0 Å². The highest BCUT2D eigenvalue weighted by atomic mass is 79.9. The summed E-state index contributed by atoms with van der Waals surface area (Å²) in [6, 6.07) is 8.46. The molecule has 2 fully saturated rings. The molecule has 3 unspecified atom stereocenters. The highest BCUT2D eigenvalue weighted by Gasteiger charge is 2.57. The molecule has 1 saturated heterocycles. The third-order valence-electron chi connectivity index (χ3n) is 4.74. The van der Waals surface area contributed by atoms with Gasteiger partial charge < -0.3 is 10.1 Å². The van der Waals surface area contributed by atoms with E-state index in [2.05, 4.69) is 41.2 Å². The summed E-state index contributed by atoms with van der Waals surface area (Å²) in [7, 11) is 0. The molecule has 0 spiro atoms. The number of nitrogens with one attached hydrogen (secondary N) is 1. The Bertz CT molecular complexity index is 564. The zero-order valence-corrected chi connectivity index (χ0v) is 13.4. The van der Waals surface area contributed by atoms with Gasteiger partial charge in [0.15, 0.2) is 0 Å². The first-order chi connectivity index (χ1) is 9.54. The van der Waals surface area contributed by atoms with E-state index in [0.29, 0.717) is 23.6 Å². The first kappa shape index (κ1) is 13.9. The van der Waals surface area contributed by atoms with Crippen LogP contribution in [-0.4, -0.2) is 18.8 Å². The van der Waals surface area contributed by atoms with E-state index in [9.17, 15) is 5.26 Å². The van der Waals surface area contributed by atoms with Crippen molar-refractivity contribution >= 4 is 21.6 Å². The Labute approximate surface area is 128 Å². The Morgan fingerprint density at radius 2 is 2.25 bits per heavy atom. The van der Waals surface area contributed by atoms with Crippen LogP contribution < -0.4 is 5.32 Å². The predicted octanol–water partition coefficient (Wildman–Crippen LogP) is 3.94. The van der Waals surface area contributed by atoms with Gasteiger partial charge in [-0.3, -0.25) is 0 Å². The fourth-order valence-electron chi connectivity index (χ4n) is 3.72. The Kier molecular flexibility index (Phi) is 3.51. The first-order valence-corrected chi connectivity index (χ1v) is 7.91. The van der Waals surface area contributed by atoms with E-state index >= 15 is 0 Å². The van der Waals surface area contributed by atoms with Crippen molar-refractivity contribution in [2.45, 2.75) is 38.8 Å². The average molecular weight is 335 g/mol. The molecule has 4 heteroatoms. The molecule has 1 aliphatic carbocycles. The summed E-state index contributed by atoms with van der Waals surface area (Å²) in [4.78, 5) is 0. The fourth-order valence-corrected chi connectivity index (χ4v) is 4.08. The lowest BCUT2D eigenvalue weighted by Crippen LogP contribution is -2.67. The topological polar surface area (TPSA) is 45.0 Å². The Morgan fingerprint density at radius 3 is 3.00 bits per heavy atom. The van der Waals surface area contributed by atoms with Gasteiger partial charge in [-0.15, -0.1) is 0 Å². The number of rotatable bonds is 2. The molecule has 106 valence electrons. The highest BCUT2D eigenvalue weighted by Crippen LogP contribution is 2.52. The van der Waals surface area contributed by atoms with Gasteiger partial charge in [-0.1, -0.05) is 29.8 Å². The molecule has 3 atom stereocenters. The number of ether oxygens (including phenoxy) is 1. The Morgan fingerprint density at radius 1 is 1.45 bits per heavy atom. The number of halogens is 1. The number of hydrogen-bond donors (Lipinski definition) is 1. The van der Waals surface area contributed by atoms with Crippen LogP contribution >= 0.6 is 15.9 Å². The highest BCUT2D eigenvalue weighted by molar-refractivity contribution is 9.10. The molecule has 2 aliphatic rings. The number of nitriles is 1. The maximum atomic E-state index is 9.27. The van der Waals surface area contributed by atoms with Crippen molar-refractivity contribution in [1.82, 2.24) is 0 Å². The van der Waals surface area contributed by atoms with E-state index in [1.54, 1.807) is 0 Å². The van der Waals surface area contributed by atoms with Crippen LogP contribution in [0.25, 0.3) is 0 Å². The minimum atomic E-state index is 0.116. The van der Waals surface area contributed by atoms with Crippen LogP contribution in [0.5, 0.6) is 0 Å². The van der Waals surface area contributed by atoms with Crippen molar-refractivity contribution in [2.75, 3.05) is 11.9 Å². The lowest BCUT2D eigenvalue weighted by Gasteiger charge is -2.60. The second-order valence-corrected chi connectivity index (χ2v) is 7.26. The number of anilines is 1. The van der Waals surface area contributed by atoms with Gasteiger partial charge in [-0.2, -0.15) is 5.26 Å². The first-order valence-electron chi connectivity index (χ1n) is 7.12. The molecule has 0 amide bonds.